The van der Waals surface area contributed by atoms with E-state index in [0.29, 0.717) is 6.61 Å². The highest BCUT2D eigenvalue weighted by Crippen LogP contribution is 2.29. The zero-order valence-corrected chi connectivity index (χ0v) is 8.99. The van der Waals surface area contributed by atoms with Crippen LogP contribution in [0.3, 0.4) is 0 Å². The molecule has 3 N–H and O–H groups in total. The molecule has 0 heterocycles. The lowest BCUT2D eigenvalue weighted by molar-refractivity contribution is 0.107. The highest BCUT2D eigenvalue weighted by Gasteiger charge is 2.25. The molecule has 1 saturated carbocycles. The van der Waals surface area contributed by atoms with Gasteiger partial charge in [0.2, 0.25) is 0 Å². The van der Waals surface area contributed by atoms with Crippen LogP contribution in [-0.2, 0) is 4.74 Å². The maximum Gasteiger partial charge on any atom is 0.144 e. The second-order valence-corrected chi connectivity index (χ2v) is 4.64. The summed E-state index contributed by atoms with van der Waals surface area (Å²) in [7, 11) is 0. The predicted octanol–water partition coefficient (Wildman–Crippen LogP) is 1.58. The van der Waals surface area contributed by atoms with Crippen molar-refractivity contribution in [3.05, 3.63) is 0 Å². The van der Waals surface area contributed by atoms with Gasteiger partial charge in [0.15, 0.2) is 0 Å². The lowest BCUT2D eigenvalue weighted by Crippen LogP contribution is -2.33. The Morgan fingerprint density at radius 3 is 2.71 bits per heavy atom. The molecule has 14 heavy (non-hydrogen) atoms. The Morgan fingerprint density at radius 2 is 2.21 bits per heavy atom. The Hall–Kier alpha value is -0.770. The van der Waals surface area contributed by atoms with Gasteiger partial charge >= 0.3 is 0 Å². The predicted molar refractivity (Wildman–Crippen MR) is 55.3 cm³/mol. The maximum atomic E-state index is 8.55. The summed E-state index contributed by atoms with van der Waals surface area (Å²) in [5.41, 5.74) is 5.27. The third-order valence-electron chi connectivity index (χ3n) is 2.72. The van der Waals surface area contributed by atoms with Crippen LogP contribution in [0.5, 0.6) is 0 Å². The maximum absolute atomic E-state index is 8.55. The Kier molecular flexibility index (Phi) is 3.75. The standard InChI is InChI=1S/C10H20N2O2/c1-10(2,9(11)12-13)5-6-14-7-8-3-4-8/h8,13H,3-7H2,1-2H3,(H2,11,12). The summed E-state index contributed by atoms with van der Waals surface area (Å²) in [5.74, 6) is 1.06. The Labute approximate surface area is 85.1 Å². The van der Waals surface area contributed by atoms with Gasteiger partial charge in [0.1, 0.15) is 5.84 Å². The van der Waals surface area contributed by atoms with Gasteiger partial charge in [-0.1, -0.05) is 19.0 Å². The summed E-state index contributed by atoms with van der Waals surface area (Å²) in [6.45, 7) is 5.44. The summed E-state index contributed by atoms with van der Waals surface area (Å²) < 4.78 is 5.50. The summed E-state index contributed by atoms with van der Waals surface area (Å²) in [4.78, 5) is 0. The van der Waals surface area contributed by atoms with E-state index < -0.39 is 0 Å². The SMILES string of the molecule is CC(C)(CCOCC1CC1)C(N)=NO. The van der Waals surface area contributed by atoms with Gasteiger partial charge < -0.3 is 15.7 Å². The third-order valence-corrected chi connectivity index (χ3v) is 2.72. The monoisotopic (exact) mass is 200 g/mol. The van der Waals surface area contributed by atoms with E-state index in [1.54, 1.807) is 0 Å². The van der Waals surface area contributed by atoms with Gasteiger partial charge in [0.05, 0.1) is 0 Å². The first-order chi connectivity index (χ1) is 6.56. The minimum absolute atomic E-state index is 0.271. The van der Waals surface area contributed by atoms with Crippen molar-refractivity contribution in [1.29, 1.82) is 0 Å². The van der Waals surface area contributed by atoms with Crippen LogP contribution in [0.15, 0.2) is 5.16 Å². The van der Waals surface area contributed by atoms with Crippen molar-refractivity contribution in [2.75, 3.05) is 13.2 Å². The smallest absolute Gasteiger partial charge is 0.144 e. The molecule has 0 aromatic rings. The van der Waals surface area contributed by atoms with E-state index in [1.165, 1.54) is 12.8 Å². The quantitative estimate of drug-likeness (QED) is 0.225. The second kappa shape index (κ2) is 4.64. The van der Waals surface area contributed by atoms with E-state index in [-0.39, 0.29) is 11.3 Å². The highest BCUT2D eigenvalue weighted by atomic mass is 16.5. The molecule has 1 fully saturated rings. The van der Waals surface area contributed by atoms with Crippen LogP contribution in [0.1, 0.15) is 33.1 Å². The van der Waals surface area contributed by atoms with Crippen molar-refractivity contribution in [3.63, 3.8) is 0 Å². The molecular weight excluding hydrogens is 180 g/mol. The normalized spacial score (nSPS) is 18.6. The molecule has 0 aliphatic heterocycles. The molecule has 0 radical (unpaired) electrons. The van der Waals surface area contributed by atoms with E-state index in [9.17, 15) is 0 Å². The number of amidine groups is 1. The summed E-state index contributed by atoms with van der Waals surface area (Å²) in [5, 5.41) is 11.6. The average Bonchev–Trinajstić information content (AvgIpc) is 2.94. The van der Waals surface area contributed by atoms with Crippen LogP contribution in [0.2, 0.25) is 0 Å². The molecule has 0 amide bonds. The van der Waals surface area contributed by atoms with E-state index in [2.05, 4.69) is 5.16 Å². The number of rotatable bonds is 6. The fraction of sp³-hybridized carbons (Fsp3) is 0.900. The first-order valence-electron chi connectivity index (χ1n) is 5.12. The number of ether oxygens (including phenoxy) is 1. The molecule has 0 spiro atoms. The molecule has 82 valence electrons. The summed E-state index contributed by atoms with van der Waals surface area (Å²) in [6.07, 6.45) is 3.41. The molecule has 0 aromatic heterocycles. The topological polar surface area (TPSA) is 67.8 Å². The molecule has 0 atom stereocenters. The summed E-state index contributed by atoms with van der Waals surface area (Å²) >= 11 is 0. The lowest BCUT2D eigenvalue weighted by Gasteiger charge is -2.22. The van der Waals surface area contributed by atoms with Gasteiger partial charge in [0, 0.05) is 18.6 Å². The third kappa shape index (κ3) is 3.54. The van der Waals surface area contributed by atoms with Crippen molar-refractivity contribution in [2.45, 2.75) is 33.1 Å². The van der Waals surface area contributed by atoms with Gasteiger partial charge in [-0.05, 0) is 25.2 Å². The van der Waals surface area contributed by atoms with Crippen molar-refractivity contribution < 1.29 is 9.94 Å². The molecule has 1 aliphatic carbocycles. The molecule has 1 rings (SSSR count). The summed E-state index contributed by atoms with van der Waals surface area (Å²) in [6, 6.07) is 0. The van der Waals surface area contributed by atoms with Gasteiger partial charge in [-0.2, -0.15) is 0 Å². The molecule has 0 aromatic carbocycles. The van der Waals surface area contributed by atoms with E-state index in [0.717, 1.165) is 18.9 Å². The van der Waals surface area contributed by atoms with Crippen molar-refractivity contribution >= 4 is 5.84 Å². The van der Waals surface area contributed by atoms with Crippen LogP contribution in [0.4, 0.5) is 0 Å². The van der Waals surface area contributed by atoms with Gasteiger partial charge in [-0.3, -0.25) is 0 Å². The van der Waals surface area contributed by atoms with Gasteiger partial charge in [0.25, 0.3) is 0 Å². The fourth-order valence-corrected chi connectivity index (χ4v) is 1.13. The number of hydrogen-bond donors (Lipinski definition) is 2. The zero-order chi connectivity index (χ0) is 10.6. The first-order valence-corrected chi connectivity index (χ1v) is 5.12. The zero-order valence-electron chi connectivity index (χ0n) is 8.99. The molecule has 0 saturated heterocycles. The average molecular weight is 200 g/mol. The van der Waals surface area contributed by atoms with Crippen molar-refractivity contribution in [2.24, 2.45) is 22.2 Å². The number of nitrogens with zero attached hydrogens (tertiary/aromatic N) is 1. The van der Waals surface area contributed by atoms with Crippen LogP contribution in [0, 0.1) is 11.3 Å². The Balaban J connectivity index is 2.14. The molecule has 0 bridgehead atoms. The number of oxime groups is 1. The van der Waals surface area contributed by atoms with E-state index in [1.807, 2.05) is 13.8 Å². The van der Waals surface area contributed by atoms with Gasteiger partial charge in [-0.15, -0.1) is 0 Å². The Morgan fingerprint density at radius 1 is 1.57 bits per heavy atom. The highest BCUT2D eigenvalue weighted by molar-refractivity contribution is 5.85. The van der Waals surface area contributed by atoms with E-state index >= 15 is 0 Å². The largest absolute Gasteiger partial charge is 0.409 e. The van der Waals surface area contributed by atoms with Gasteiger partial charge in [-0.25, -0.2) is 0 Å². The molecule has 1 aliphatic rings. The van der Waals surface area contributed by atoms with Crippen molar-refractivity contribution in [1.82, 2.24) is 0 Å². The minimum atomic E-state index is -0.279. The molecule has 0 unspecified atom stereocenters. The van der Waals surface area contributed by atoms with Crippen LogP contribution < -0.4 is 5.73 Å². The molecule has 4 nitrogen and oxygen atoms in total. The molecular formula is C10H20N2O2. The second-order valence-electron chi connectivity index (χ2n) is 4.64. The Bertz CT molecular complexity index is 210. The fourth-order valence-electron chi connectivity index (χ4n) is 1.13. The van der Waals surface area contributed by atoms with E-state index in [4.69, 9.17) is 15.7 Å². The lowest BCUT2D eigenvalue weighted by atomic mass is 9.88. The van der Waals surface area contributed by atoms with Crippen LogP contribution in [0.25, 0.3) is 0 Å². The first kappa shape index (κ1) is 11.3. The van der Waals surface area contributed by atoms with Crippen LogP contribution >= 0.6 is 0 Å². The number of hydrogen-bond acceptors (Lipinski definition) is 3. The molecule has 4 heteroatoms. The number of nitrogens with two attached hydrogens (primary N) is 1. The minimum Gasteiger partial charge on any atom is -0.409 e. The van der Waals surface area contributed by atoms with Crippen LogP contribution in [-0.4, -0.2) is 24.3 Å². The van der Waals surface area contributed by atoms with Crippen molar-refractivity contribution in [3.8, 4) is 0 Å².